The van der Waals surface area contributed by atoms with Gasteiger partial charge in [-0.2, -0.15) is 0 Å². The number of hydrogen-bond donors (Lipinski definition) is 0. The zero-order valence-electron chi connectivity index (χ0n) is 15.8. The van der Waals surface area contributed by atoms with Crippen molar-refractivity contribution in [3.63, 3.8) is 0 Å². The van der Waals surface area contributed by atoms with Crippen LogP contribution < -0.4 is 10.4 Å². The van der Waals surface area contributed by atoms with Crippen LogP contribution in [0.3, 0.4) is 0 Å². The Morgan fingerprint density at radius 3 is 2.71 bits per heavy atom. The molecule has 0 aliphatic heterocycles. The third-order valence-corrected chi connectivity index (χ3v) is 4.86. The van der Waals surface area contributed by atoms with Crippen LogP contribution in [0.5, 0.6) is 5.75 Å². The van der Waals surface area contributed by atoms with Crippen LogP contribution >= 0.6 is 11.6 Å². The Morgan fingerprint density at radius 1 is 1.18 bits per heavy atom. The monoisotopic (exact) mass is 400 g/mol. The predicted molar refractivity (Wildman–Crippen MR) is 108 cm³/mol. The van der Waals surface area contributed by atoms with E-state index in [9.17, 15) is 9.59 Å². The second-order valence-corrected chi connectivity index (χ2v) is 6.74. The molecule has 0 saturated heterocycles. The molecule has 0 N–H and O–H groups in total. The van der Waals surface area contributed by atoms with Gasteiger partial charge in [-0.3, -0.25) is 4.79 Å². The molecule has 28 heavy (non-hydrogen) atoms. The summed E-state index contributed by atoms with van der Waals surface area (Å²) in [5, 5.41) is 1.44. The van der Waals surface area contributed by atoms with E-state index >= 15 is 0 Å². The van der Waals surface area contributed by atoms with E-state index in [-0.39, 0.29) is 18.8 Å². The number of carbonyl (C=O) groups excluding carboxylic acids is 1. The average Bonchev–Trinajstić information content (AvgIpc) is 2.67. The second-order valence-electron chi connectivity index (χ2n) is 6.34. The quantitative estimate of drug-likeness (QED) is 0.420. The number of carbonyl (C=O) groups is 1. The molecule has 0 fully saturated rings. The van der Waals surface area contributed by atoms with Gasteiger partial charge in [0.2, 0.25) is 0 Å². The highest BCUT2D eigenvalue weighted by molar-refractivity contribution is 6.31. The topological polar surface area (TPSA) is 65.7 Å². The third kappa shape index (κ3) is 4.54. The van der Waals surface area contributed by atoms with Crippen molar-refractivity contribution in [1.29, 1.82) is 0 Å². The van der Waals surface area contributed by atoms with Crippen LogP contribution in [0.15, 0.2) is 51.7 Å². The zero-order chi connectivity index (χ0) is 20.1. The van der Waals surface area contributed by atoms with E-state index in [1.807, 2.05) is 37.3 Å². The lowest BCUT2D eigenvalue weighted by Crippen LogP contribution is -2.13. The van der Waals surface area contributed by atoms with Crippen molar-refractivity contribution >= 4 is 28.5 Å². The van der Waals surface area contributed by atoms with Gasteiger partial charge >= 0.3 is 11.6 Å². The number of hydrogen-bond acceptors (Lipinski definition) is 5. The molecule has 3 aromatic rings. The van der Waals surface area contributed by atoms with Gasteiger partial charge in [0.25, 0.3) is 0 Å². The molecule has 146 valence electrons. The lowest BCUT2D eigenvalue weighted by molar-refractivity contribution is -0.143. The van der Waals surface area contributed by atoms with Gasteiger partial charge < -0.3 is 13.9 Å². The lowest BCUT2D eigenvalue weighted by Gasteiger charge is -2.11. The van der Waals surface area contributed by atoms with E-state index < -0.39 is 5.63 Å². The fourth-order valence-corrected chi connectivity index (χ4v) is 3.18. The largest absolute Gasteiger partial charge is 0.489 e. The standard InChI is InChI=1S/C22H21ClO5/c1-3-26-21(24)11-10-18-14(2)17-9-8-16(12-20(17)28-22(18)25)27-13-15-6-4-5-7-19(15)23/h4-9,12H,3,10-11,13H2,1-2H3. The normalized spacial score (nSPS) is 10.8. The Morgan fingerprint density at radius 2 is 1.96 bits per heavy atom. The van der Waals surface area contributed by atoms with Crippen molar-refractivity contribution < 1.29 is 18.7 Å². The first-order chi connectivity index (χ1) is 13.5. The van der Waals surface area contributed by atoms with Crippen molar-refractivity contribution in [2.45, 2.75) is 33.3 Å². The van der Waals surface area contributed by atoms with Crippen LogP contribution in [0.2, 0.25) is 5.02 Å². The maximum absolute atomic E-state index is 12.4. The van der Waals surface area contributed by atoms with Gasteiger partial charge in [0.15, 0.2) is 0 Å². The Hall–Kier alpha value is -2.79. The molecule has 0 bridgehead atoms. The predicted octanol–water partition coefficient (Wildman–Crippen LogP) is 4.83. The van der Waals surface area contributed by atoms with Crippen molar-refractivity contribution in [3.8, 4) is 5.75 Å². The Labute approximate surface area is 167 Å². The van der Waals surface area contributed by atoms with E-state index in [4.69, 9.17) is 25.5 Å². The summed E-state index contributed by atoms with van der Waals surface area (Å²) in [4.78, 5) is 24.0. The molecular weight excluding hydrogens is 380 g/mol. The molecule has 0 amide bonds. The number of fused-ring (bicyclic) bond motifs is 1. The Balaban J connectivity index is 1.81. The minimum absolute atomic E-state index is 0.143. The lowest BCUT2D eigenvalue weighted by atomic mass is 10.0. The average molecular weight is 401 g/mol. The molecule has 0 spiro atoms. The number of ether oxygens (including phenoxy) is 2. The van der Waals surface area contributed by atoms with Gasteiger partial charge in [-0.05, 0) is 44.0 Å². The second kappa shape index (κ2) is 8.93. The van der Waals surface area contributed by atoms with Gasteiger partial charge in [-0.15, -0.1) is 0 Å². The van der Waals surface area contributed by atoms with E-state index in [0.29, 0.717) is 35.1 Å². The van der Waals surface area contributed by atoms with E-state index in [0.717, 1.165) is 16.5 Å². The molecular formula is C22H21ClO5. The van der Waals surface area contributed by atoms with E-state index in [1.165, 1.54) is 0 Å². The molecule has 2 aromatic carbocycles. The molecule has 1 heterocycles. The summed E-state index contributed by atoms with van der Waals surface area (Å²) in [6.07, 6.45) is 0.428. The van der Waals surface area contributed by atoms with Crippen molar-refractivity contribution in [2.24, 2.45) is 0 Å². The summed E-state index contributed by atoms with van der Waals surface area (Å²) in [6.45, 7) is 4.23. The van der Waals surface area contributed by atoms with Gasteiger partial charge in [0.05, 0.1) is 6.61 Å². The molecule has 5 nitrogen and oxygen atoms in total. The summed E-state index contributed by atoms with van der Waals surface area (Å²) >= 11 is 6.14. The maximum atomic E-state index is 12.4. The summed E-state index contributed by atoms with van der Waals surface area (Å²) in [5.74, 6) is 0.249. The van der Waals surface area contributed by atoms with Gasteiger partial charge in [-0.1, -0.05) is 29.8 Å². The number of benzene rings is 2. The van der Waals surface area contributed by atoms with Crippen molar-refractivity contribution in [3.05, 3.63) is 74.6 Å². The number of halogens is 1. The molecule has 6 heteroatoms. The molecule has 0 radical (unpaired) electrons. The highest BCUT2D eigenvalue weighted by atomic mass is 35.5. The van der Waals surface area contributed by atoms with Crippen LogP contribution in [0.25, 0.3) is 11.0 Å². The van der Waals surface area contributed by atoms with E-state index in [2.05, 4.69) is 0 Å². The highest BCUT2D eigenvalue weighted by Crippen LogP contribution is 2.26. The number of esters is 1. The number of aryl methyl sites for hydroxylation is 1. The van der Waals surface area contributed by atoms with E-state index in [1.54, 1.807) is 19.1 Å². The maximum Gasteiger partial charge on any atom is 0.339 e. The summed E-state index contributed by atoms with van der Waals surface area (Å²) in [5.41, 5.74) is 2.16. The van der Waals surface area contributed by atoms with Gasteiger partial charge in [0, 0.05) is 34.0 Å². The molecule has 0 saturated carbocycles. The first kappa shape index (κ1) is 20.0. The summed E-state index contributed by atoms with van der Waals surface area (Å²) < 4.78 is 16.2. The first-order valence-electron chi connectivity index (χ1n) is 9.07. The van der Waals surface area contributed by atoms with Crippen LogP contribution in [0, 0.1) is 6.92 Å². The molecule has 0 aliphatic rings. The van der Waals surface area contributed by atoms with Crippen LogP contribution in [0.4, 0.5) is 0 Å². The molecule has 0 unspecified atom stereocenters. The fraction of sp³-hybridized carbons (Fsp3) is 0.273. The molecule has 0 aliphatic carbocycles. The SMILES string of the molecule is CCOC(=O)CCc1c(C)c2ccc(OCc3ccccc3Cl)cc2oc1=O. The number of rotatable bonds is 7. The molecule has 1 aromatic heterocycles. The van der Waals surface area contributed by atoms with Crippen molar-refractivity contribution in [2.75, 3.05) is 6.61 Å². The van der Waals surface area contributed by atoms with Crippen LogP contribution in [0.1, 0.15) is 30.0 Å². The smallest absolute Gasteiger partial charge is 0.339 e. The zero-order valence-corrected chi connectivity index (χ0v) is 16.5. The summed E-state index contributed by atoms with van der Waals surface area (Å²) in [7, 11) is 0. The minimum Gasteiger partial charge on any atom is -0.489 e. The van der Waals surface area contributed by atoms with Crippen molar-refractivity contribution in [1.82, 2.24) is 0 Å². The van der Waals surface area contributed by atoms with Crippen LogP contribution in [-0.4, -0.2) is 12.6 Å². The fourth-order valence-electron chi connectivity index (χ4n) is 2.99. The molecule has 3 rings (SSSR count). The summed E-state index contributed by atoms with van der Waals surface area (Å²) in [6, 6.07) is 12.8. The molecule has 0 atom stereocenters. The minimum atomic E-state index is -0.447. The highest BCUT2D eigenvalue weighted by Gasteiger charge is 2.14. The van der Waals surface area contributed by atoms with Gasteiger partial charge in [-0.25, -0.2) is 4.79 Å². The Bertz CT molecular complexity index is 1050. The van der Waals surface area contributed by atoms with Gasteiger partial charge in [0.1, 0.15) is 17.9 Å². The first-order valence-corrected chi connectivity index (χ1v) is 9.45. The Kier molecular flexibility index (Phi) is 6.37. The van der Waals surface area contributed by atoms with Crippen LogP contribution in [-0.2, 0) is 22.6 Å². The third-order valence-electron chi connectivity index (χ3n) is 4.50.